The molecule has 1 aromatic heterocycles. The highest BCUT2D eigenvalue weighted by molar-refractivity contribution is 9.10. The van der Waals surface area contributed by atoms with Gasteiger partial charge in [0.25, 0.3) is 0 Å². The lowest BCUT2D eigenvalue weighted by atomic mass is 10.1. The van der Waals surface area contributed by atoms with Crippen molar-refractivity contribution >= 4 is 28.0 Å². The third kappa shape index (κ3) is 3.63. The maximum absolute atomic E-state index is 11.7. The maximum atomic E-state index is 11.7. The van der Waals surface area contributed by atoms with Crippen LogP contribution in [0.5, 0.6) is 0 Å². The molecule has 0 spiro atoms. The van der Waals surface area contributed by atoms with Crippen molar-refractivity contribution in [1.29, 1.82) is 0 Å². The Morgan fingerprint density at radius 2 is 2.21 bits per heavy atom. The molecule has 1 saturated heterocycles. The van der Waals surface area contributed by atoms with Crippen molar-refractivity contribution in [2.75, 3.05) is 20.1 Å². The summed E-state index contributed by atoms with van der Waals surface area (Å²) >= 11 is 3.19. The minimum atomic E-state index is -0.231. The van der Waals surface area contributed by atoms with Gasteiger partial charge in [-0.2, -0.15) is 0 Å². The number of carbonyl (C=O) groups is 2. The van der Waals surface area contributed by atoms with E-state index in [1.165, 1.54) is 0 Å². The first-order valence-corrected chi connectivity index (χ1v) is 6.63. The molecule has 0 atom stereocenters. The lowest BCUT2D eigenvalue weighted by Gasteiger charge is -2.39. The highest BCUT2D eigenvalue weighted by atomic mass is 79.9. The van der Waals surface area contributed by atoms with Crippen molar-refractivity contribution in [3.05, 3.63) is 22.6 Å². The summed E-state index contributed by atoms with van der Waals surface area (Å²) in [7, 11) is 1.56. The molecular weight excluding hydrogens is 316 g/mol. The smallest absolute Gasteiger partial charge is 0.317 e. The number of rotatable bonds is 3. The van der Waals surface area contributed by atoms with Gasteiger partial charge < -0.3 is 25.3 Å². The van der Waals surface area contributed by atoms with Gasteiger partial charge in [0.05, 0.1) is 12.6 Å². The van der Waals surface area contributed by atoms with E-state index in [2.05, 4.69) is 31.9 Å². The van der Waals surface area contributed by atoms with Gasteiger partial charge in [0.1, 0.15) is 5.76 Å². The average molecular weight is 331 g/mol. The molecule has 0 radical (unpaired) electrons. The van der Waals surface area contributed by atoms with Gasteiger partial charge in [-0.05, 0) is 28.1 Å². The Kier molecular flexibility index (Phi) is 4.31. The molecule has 0 saturated carbocycles. The monoisotopic (exact) mass is 330 g/mol. The minimum absolute atomic E-state index is 0.0171. The predicted octanol–water partition coefficient (Wildman–Crippen LogP) is 0.865. The molecule has 104 valence electrons. The van der Waals surface area contributed by atoms with E-state index in [0.29, 0.717) is 30.1 Å². The van der Waals surface area contributed by atoms with Crippen LogP contribution in [0, 0.1) is 0 Å². The number of urea groups is 2. The molecule has 1 aliphatic rings. The second-order valence-electron chi connectivity index (χ2n) is 4.19. The van der Waals surface area contributed by atoms with Crippen molar-refractivity contribution in [3.8, 4) is 0 Å². The number of furan rings is 1. The summed E-state index contributed by atoms with van der Waals surface area (Å²) in [6, 6.07) is 3.18. The number of nitrogens with one attached hydrogen (secondary N) is 3. The van der Waals surface area contributed by atoms with Crippen LogP contribution in [-0.4, -0.2) is 43.1 Å². The van der Waals surface area contributed by atoms with E-state index in [0.717, 1.165) is 0 Å². The summed E-state index contributed by atoms with van der Waals surface area (Å²) < 4.78 is 5.91. The van der Waals surface area contributed by atoms with Gasteiger partial charge in [0, 0.05) is 20.1 Å². The molecule has 0 bridgehead atoms. The van der Waals surface area contributed by atoms with Gasteiger partial charge in [0.15, 0.2) is 4.67 Å². The van der Waals surface area contributed by atoms with Gasteiger partial charge >= 0.3 is 12.1 Å². The third-order valence-corrected chi connectivity index (χ3v) is 3.20. The number of halogens is 1. The summed E-state index contributed by atoms with van der Waals surface area (Å²) in [4.78, 5) is 24.4. The quantitative estimate of drug-likeness (QED) is 0.768. The average Bonchev–Trinajstić information content (AvgIpc) is 2.75. The lowest BCUT2D eigenvalue weighted by molar-refractivity contribution is 0.138. The summed E-state index contributed by atoms with van der Waals surface area (Å²) in [5, 5.41) is 7.95. The zero-order valence-electron chi connectivity index (χ0n) is 10.4. The fourth-order valence-corrected chi connectivity index (χ4v) is 2.05. The minimum Gasteiger partial charge on any atom is -0.452 e. The fourth-order valence-electron chi connectivity index (χ4n) is 1.71. The Bertz CT molecular complexity index is 470. The maximum Gasteiger partial charge on any atom is 0.317 e. The third-order valence-electron chi connectivity index (χ3n) is 2.77. The molecule has 3 N–H and O–H groups in total. The van der Waals surface area contributed by atoms with Gasteiger partial charge in [-0.25, -0.2) is 9.59 Å². The molecule has 2 heterocycles. The van der Waals surface area contributed by atoms with Crippen molar-refractivity contribution < 1.29 is 14.0 Å². The first kappa shape index (κ1) is 13.7. The molecule has 0 aliphatic carbocycles. The normalized spacial score (nSPS) is 14.7. The van der Waals surface area contributed by atoms with E-state index >= 15 is 0 Å². The van der Waals surface area contributed by atoms with Crippen molar-refractivity contribution in [3.63, 3.8) is 0 Å². The summed E-state index contributed by atoms with van der Waals surface area (Å²) in [5.74, 6) is 0.681. The molecule has 1 aromatic rings. The highest BCUT2D eigenvalue weighted by Crippen LogP contribution is 2.14. The van der Waals surface area contributed by atoms with Crippen LogP contribution in [0.1, 0.15) is 5.76 Å². The lowest BCUT2D eigenvalue weighted by Crippen LogP contribution is -2.63. The van der Waals surface area contributed by atoms with Gasteiger partial charge in [0.2, 0.25) is 0 Å². The largest absolute Gasteiger partial charge is 0.452 e. The zero-order valence-corrected chi connectivity index (χ0v) is 12.0. The SMILES string of the molecule is CNC(=O)NC1CN(C(=O)NCc2ccc(Br)o2)C1. The zero-order chi connectivity index (χ0) is 13.8. The summed E-state index contributed by atoms with van der Waals surface area (Å²) in [5.41, 5.74) is 0. The Morgan fingerprint density at radius 3 is 2.79 bits per heavy atom. The Balaban J connectivity index is 1.67. The van der Waals surface area contributed by atoms with E-state index in [-0.39, 0.29) is 18.1 Å². The van der Waals surface area contributed by atoms with E-state index in [9.17, 15) is 9.59 Å². The molecule has 2 rings (SSSR count). The van der Waals surface area contributed by atoms with Crippen LogP contribution in [0.2, 0.25) is 0 Å². The first-order valence-electron chi connectivity index (χ1n) is 5.83. The van der Waals surface area contributed by atoms with E-state index < -0.39 is 0 Å². The van der Waals surface area contributed by atoms with Crippen LogP contribution in [0.3, 0.4) is 0 Å². The number of nitrogens with zero attached hydrogens (tertiary/aromatic N) is 1. The van der Waals surface area contributed by atoms with Crippen molar-refractivity contribution in [2.24, 2.45) is 0 Å². The number of amides is 4. The Hall–Kier alpha value is -1.70. The van der Waals surface area contributed by atoms with Crippen molar-refractivity contribution in [2.45, 2.75) is 12.6 Å². The molecule has 0 unspecified atom stereocenters. The summed E-state index contributed by atoms with van der Waals surface area (Å²) in [6.07, 6.45) is 0. The van der Waals surface area contributed by atoms with E-state index in [1.54, 1.807) is 24.1 Å². The number of likely N-dealkylation sites (tertiary alicyclic amines) is 1. The van der Waals surface area contributed by atoms with Crippen LogP contribution in [0.4, 0.5) is 9.59 Å². The molecule has 8 heteroatoms. The molecule has 4 amide bonds. The Labute approximate surface area is 118 Å². The number of hydrogen-bond acceptors (Lipinski definition) is 3. The van der Waals surface area contributed by atoms with Crippen molar-refractivity contribution in [1.82, 2.24) is 20.9 Å². The molecule has 19 heavy (non-hydrogen) atoms. The summed E-state index contributed by atoms with van der Waals surface area (Å²) in [6.45, 7) is 1.37. The van der Waals surface area contributed by atoms with Gasteiger partial charge in [-0.1, -0.05) is 0 Å². The second-order valence-corrected chi connectivity index (χ2v) is 4.97. The standard InChI is InChI=1S/C11H15BrN4O3/c1-13-10(17)15-7-5-16(6-7)11(18)14-4-8-2-3-9(12)19-8/h2-3,7H,4-6H2,1H3,(H,14,18)(H2,13,15,17). The van der Waals surface area contributed by atoms with Crippen LogP contribution in [-0.2, 0) is 6.54 Å². The molecular formula is C11H15BrN4O3. The topological polar surface area (TPSA) is 86.6 Å². The molecule has 1 aliphatic heterocycles. The number of hydrogen-bond donors (Lipinski definition) is 3. The second kappa shape index (κ2) is 5.96. The molecule has 0 aromatic carbocycles. The van der Waals surface area contributed by atoms with Crippen LogP contribution < -0.4 is 16.0 Å². The van der Waals surface area contributed by atoms with Crippen LogP contribution in [0.15, 0.2) is 21.2 Å². The van der Waals surface area contributed by atoms with E-state index in [1.807, 2.05) is 0 Å². The van der Waals surface area contributed by atoms with Gasteiger partial charge in [-0.3, -0.25) is 0 Å². The van der Waals surface area contributed by atoms with E-state index in [4.69, 9.17) is 4.42 Å². The highest BCUT2D eigenvalue weighted by Gasteiger charge is 2.31. The van der Waals surface area contributed by atoms with Crippen LogP contribution >= 0.6 is 15.9 Å². The van der Waals surface area contributed by atoms with Gasteiger partial charge in [-0.15, -0.1) is 0 Å². The Morgan fingerprint density at radius 1 is 1.47 bits per heavy atom. The fraction of sp³-hybridized carbons (Fsp3) is 0.455. The van der Waals surface area contributed by atoms with Crippen LogP contribution in [0.25, 0.3) is 0 Å². The molecule has 1 fully saturated rings. The predicted molar refractivity (Wildman–Crippen MR) is 71.6 cm³/mol. The molecule has 7 nitrogen and oxygen atoms in total. The number of carbonyl (C=O) groups excluding carboxylic acids is 2. The first-order chi connectivity index (χ1) is 9.08.